The molecule has 0 aliphatic heterocycles. The molecule has 1 fully saturated rings. The van der Waals surface area contributed by atoms with Gasteiger partial charge in [-0.1, -0.05) is 36.4 Å². The van der Waals surface area contributed by atoms with Crippen molar-refractivity contribution in [2.75, 3.05) is 0 Å². The van der Waals surface area contributed by atoms with Gasteiger partial charge < -0.3 is 10.6 Å². The lowest BCUT2D eigenvalue weighted by molar-refractivity contribution is 0.0943. The van der Waals surface area contributed by atoms with Crippen LogP contribution in [0.5, 0.6) is 0 Å². The summed E-state index contributed by atoms with van der Waals surface area (Å²) in [7, 11) is 0. The molecule has 1 amide bonds. The van der Waals surface area contributed by atoms with Crippen LogP contribution in [0.25, 0.3) is 22.5 Å². The van der Waals surface area contributed by atoms with Gasteiger partial charge in [-0.2, -0.15) is 5.10 Å². The van der Waals surface area contributed by atoms with Crippen LogP contribution in [0.1, 0.15) is 42.6 Å². The number of hydrogen-bond acceptors (Lipinski definition) is 3. The SMILES string of the molecule is CC(C)NC(=O)c1cccc(-c2cc(-c3ccc(CNC4CC4)cc3)[nH]n2)c1. The molecule has 1 aromatic heterocycles. The molecule has 0 radical (unpaired) electrons. The molecule has 3 aromatic rings. The molecule has 2 aromatic carbocycles. The Labute approximate surface area is 165 Å². The number of hydrogen-bond donors (Lipinski definition) is 3. The van der Waals surface area contributed by atoms with Gasteiger partial charge in [-0.05, 0) is 56.0 Å². The third-order valence-electron chi connectivity index (χ3n) is 4.86. The molecule has 0 spiro atoms. The van der Waals surface area contributed by atoms with Crippen molar-refractivity contribution >= 4 is 5.91 Å². The monoisotopic (exact) mass is 374 g/mol. The van der Waals surface area contributed by atoms with E-state index < -0.39 is 0 Å². The summed E-state index contributed by atoms with van der Waals surface area (Å²) in [5.41, 5.74) is 5.75. The van der Waals surface area contributed by atoms with Crippen LogP contribution >= 0.6 is 0 Å². The Kier molecular flexibility index (Phi) is 5.26. The Morgan fingerprint density at radius 1 is 1.11 bits per heavy atom. The zero-order chi connectivity index (χ0) is 19.5. The Morgan fingerprint density at radius 3 is 2.61 bits per heavy atom. The smallest absolute Gasteiger partial charge is 0.251 e. The van der Waals surface area contributed by atoms with Crippen LogP contribution in [0.15, 0.2) is 54.6 Å². The van der Waals surface area contributed by atoms with Crippen molar-refractivity contribution in [3.05, 3.63) is 65.7 Å². The summed E-state index contributed by atoms with van der Waals surface area (Å²) in [5, 5.41) is 14.0. The summed E-state index contributed by atoms with van der Waals surface area (Å²) < 4.78 is 0. The van der Waals surface area contributed by atoms with Gasteiger partial charge in [0.25, 0.3) is 5.91 Å². The molecule has 4 rings (SSSR count). The van der Waals surface area contributed by atoms with E-state index in [0.717, 1.165) is 29.1 Å². The number of benzene rings is 2. The number of aromatic nitrogens is 2. The van der Waals surface area contributed by atoms with E-state index in [0.29, 0.717) is 11.6 Å². The normalized spacial score (nSPS) is 13.7. The van der Waals surface area contributed by atoms with Crippen LogP contribution in [0, 0.1) is 0 Å². The van der Waals surface area contributed by atoms with E-state index in [2.05, 4.69) is 45.1 Å². The number of rotatable bonds is 7. The molecule has 0 atom stereocenters. The van der Waals surface area contributed by atoms with Crippen molar-refractivity contribution < 1.29 is 4.79 Å². The van der Waals surface area contributed by atoms with E-state index in [4.69, 9.17) is 0 Å². The number of aromatic amines is 1. The maximum atomic E-state index is 12.3. The summed E-state index contributed by atoms with van der Waals surface area (Å²) in [4.78, 5) is 12.3. The predicted molar refractivity (Wildman–Crippen MR) is 112 cm³/mol. The van der Waals surface area contributed by atoms with E-state index >= 15 is 0 Å². The molecule has 3 N–H and O–H groups in total. The molecule has 0 unspecified atom stereocenters. The van der Waals surface area contributed by atoms with E-state index in [1.54, 1.807) is 0 Å². The largest absolute Gasteiger partial charge is 0.350 e. The number of nitrogens with one attached hydrogen (secondary N) is 3. The number of nitrogens with zero attached hydrogens (tertiary/aromatic N) is 1. The lowest BCUT2D eigenvalue weighted by Gasteiger charge is -2.08. The molecular formula is C23H26N4O. The molecule has 1 heterocycles. The van der Waals surface area contributed by atoms with E-state index in [-0.39, 0.29) is 11.9 Å². The minimum absolute atomic E-state index is 0.0667. The van der Waals surface area contributed by atoms with Crippen LogP contribution in [0.3, 0.4) is 0 Å². The van der Waals surface area contributed by atoms with Gasteiger partial charge in [0, 0.05) is 29.8 Å². The second-order valence-electron chi connectivity index (χ2n) is 7.73. The van der Waals surface area contributed by atoms with Gasteiger partial charge in [-0.3, -0.25) is 9.89 Å². The van der Waals surface area contributed by atoms with Gasteiger partial charge in [0.1, 0.15) is 0 Å². The fourth-order valence-corrected chi connectivity index (χ4v) is 3.13. The first kappa shape index (κ1) is 18.4. The van der Waals surface area contributed by atoms with Gasteiger partial charge >= 0.3 is 0 Å². The second kappa shape index (κ2) is 7.98. The molecule has 144 valence electrons. The zero-order valence-corrected chi connectivity index (χ0v) is 16.3. The van der Waals surface area contributed by atoms with Crippen molar-refractivity contribution in [1.82, 2.24) is 20.8 Å². The Hall–Kier alpha value is -2.92. The second-order valence-corrected chi connectivity index (χ2v) is 7.73. The first-order valence-electron chi connectivity index (χ1n) is 9.88. The van der Waals surface area contributed by atoms with Crippen molar-refractivity contribution in [2.45, 2.75) is 45.3 Å². The molecule has 5 heteroatoms. The van der Waals surface area contributed by atoms with Gasteiger partial charge in [-0.15, -0.1) is 0 Å². The molecular weight excluding hydrogens is 348 g/mol. The van der Waals surface area contributed by atoms with Gasteiger partial charge in [0.15, 0.2) is 0 Å². The number of carbonyl (C=O) groups excluding carboxylic acids is 1. The molecule has 1 aliphatic rings. The first-order chi connectivity index (χ1) is 13.6. The van der Waals surface area contributed by atoms with Crippen molar-refractivity contribution in [3.63, 3.8) is 0 Å². The average molecular weight is 374 g/mol. The predicted octanol–water partition coefficient (Wildman–Crippen LogP) is 4.13. The third-order valence-corrected chi connectivity index (χ3v) is 4.86. The lowest BCUT2D eigenvalue weighted by Crippen LogP contribution is -2.30. The number of H-pyrrole nitrogens is 1. The van der Waals surface area contributed by atoms with Crippen molar-refractivity contribution in [2.24, 2.45) is 0 Å². The van der Waals surface area contributed by atoms with Crippen LogP contribution in [-0.2, 0) is 6.54 Å². The Balaban J connectivity index is 1.48. The molecule has 0 bridgehead atoms. The highest BCUT2D eigenvalue weighted by atomic mass is 16.1. The average Bonchev–Trinajstić information content (AvgIpc) is 3.40. The number of amides is 1. The number of carbonyl (C=O) groups is 1. The van der Waals surface area contributed by atoms with Crippen LogP contribution in [-0.4, -0.2) is 28.2 Å². The van der Waals surface area contributed by atoms with Gasteiger partial charge in [0.2, 0.25) is 0 Å². The lowest BCUT2D eigenvalue weighted by atomic mass is 10.1. The summed E-state index contributed by atoms with van der Waals surface area (Å²) in [6.07, 6.45) is 2.60. The Bertz CT molecular complexity index is 955. The highest BCUT2D eigenvalue weighted by Gasteiger charge is 2.19. The Morgan fingerprint density at radius 2 is 1.89 bits per heavy atom. The maximum Gasteiger partial charge on any atom is 0.251 e. The van der Waals surface area contributed by atoms with Crippen LogP contribution in [0.2, 0.25) is 0 Å². The molecule has 0 saturated heterocycles. The maximum absolute atomic E-state index is 12.3. The molecule has 1 saturated carbocycles. The first-order valence-corrected chi connectivity index (χ1v) is 9.88. The summed E-state index contributed by atoms with van der Waals surface area (Å²) in [6.45, 7) is 4.83. The van der Waals surface area contributed by atoms with E-state index in [1.165, 1.54) is 18.4 Å². The topological polar surface area (TPSA) is 69.8 Å². The van der Waals surface area contributed by atoms with Crippen LogP contribution in [0.4, 0.5) is 0 Å². The minimum Gasteiger partial charge on any atom is -0.350 e. The standard InChI is InChI=1S/C23H26N4O/c1-15(2)25-23(28)19-5-3-4-18(12-19)22-13-21(26-27-22)17-8-6-16(7-9-17)14-24-20-10-11-20/h3-9,12-13,15,20,24H,10-11,14H2,1-2H3,(H,25,28)(H,26,27). The molecule has 5 nitrogen and oxygen atoms in total. The summed E-state index contributed by atoms with van der Waals surface area (Å²) in [6, 6.07) is 19.0. The highest BCUT2D eigenvalue weighted by molar-refractivity contribution is 5.95. The zero-order valence-electron chi connectivity index (χ0n) is 16.3. The fraction of sp³-hybridized carbons (Fsp3) is 0.304. The third kappa shape index (κ3) is 4.49. The highest BCUT2D eigenvalue weighted by Crippen LogP contribution is 2.25. The van der Waals surface area contributed by atoms with Crippen LogP contribution < -0.4 is 10.6 Å². The quantitative estimate of drug-likeness (QED) is 0.582. The molecule has 1 aliphatic carbocycles. The van der Waals surface area contributed by atoms with Gasteiger partial charge in [0.05, 0.1) is 11.4 Å². The van der Waals surface area contributed by atoms with E-state index in [9.17, 15) is 4.79 Å². The molecule has 28 heavy (non-hydrogen) atoms. The van der Waals surface area contributed by atoms with Crippen molar-refractivity contribution in [3.8, 4) is 22.5 Å². The van der Waals surface area contributed by atoms with Gasteiger partial charge in [-0.25, -0.2) is 0 Å². The minimum atomic E-state index is -0.0667. The fourth-order valence-electron chi connectivity index (χ4n) is 3.13. The van der Waals surface area contributed by atoms with Crippen molar-refractivity contribution in [1.29, 1.82) is 0 Å². The van der Waals surface area contributed by atoms with E-state index in [1.807, 2.05) is 44.2 Å². The summed E-state index contributed by atoms with van der Waals surface area (Å²) >= 11 is 0. The summed E-state index contributed by atoms with van der Waals surface area (Å²) in [5.74, 6) is -0.0667.